The number of halogens is 1. The highest BCUT2D eigenvalue weighted by molar-refractivity contribution is 14.1. The van der Waals surface area contributed by atoms with Crippen LogP contribution in [-0.4, -0.2) is 16.5 Å². The lowest BCUT2D eigenvalue weighted by Gasteiger charge is -2.06. The summed E-state index contributed by atoms with van der Waals surface area (Å²) in [4.78, 5) is 8.02. The van der Waals surface area contributed by atoms with Crippen molar-refractivity contribution in [3.8, 4) is 0 Å². The molecule has 1 aromatic rings. The number of nitrogens with two attached hydrogens (primary N) is 1. The smallest absolute Gasteiger partial charge is 0.221 e. The Bertz CT molecular complexity index is 311. The Kier molecular flexibility index (Phi) is 2.52. The minimum Gasteiger partial charge on any atom is -0.369 e. The second kappa shape index (κ2) is 3.65. The van der Waals surface area contributed by atoms with Crippen LogP contribution in [0.15, 0.2) is 6.20 Å². The molecule has 3 N–H and O–H groups in total. The summed E-state index contributed by atoms with van der Waals surface area (Å²) in [6.07, 6.45) is 4.41. The second-order valence-electron chi connectivity index (χ2n) is 3.25. The van der Waals surface area contributed by atoms with Gasteiger partial charge in [0.1, 0.15) is 5.82 Å². The maximum atomic E-state index is 5.48. The standard InChI is InChI=1S/C8H11IN4/c9-6-4-12-8(10)13-7(6)11-3-5-1-2-5/h4-5H,1-3H2,(H3,10,11,12,13). The Balaban J connectivity index is 2.03. The lowest BCUT2D eigenvalue weighted by atomic mass is 10.4. The Morgan fingerprint density at radius 2 is 2.38 bits per heavy atom. The molecular weight excluding hydrogens is 279 g/mol. The zero-order chi connectivity index (χ0) is 9.26. The minimum absolute atomic E-state index is 0.332. The maximum absolute atomic E-state index is 5.48. The van der Waals surface area contributed by atoms with Gasteiger partial charge in [0, 0.05) is 12.7 Å². The fourth-order valence-corrected chi connectivity index (χ4v) is 1.52. The average molecular weight is 290 g/mol. The van der Waals surface area contributed by atoms with Gasteiger partial charge in [-0.1, -0.05) is 0 Å². The molecule has 1 saturated carbocycles. The van der Waals surface area contributed by atoms with E-state index in [0.717, 1.165) is 21.9 Å². The van der Waals surface area contributed by atoms with Crippen molar-refractivity contribution in [2.24, 2.45) is 5.92 Å². The summed E-state index contributed by atoms with van der Waals surface area (Å²) in [6, 6.07) is 0. The topological polar surface area (TPSA) is 63.8 Å². The van der Waals surface area contributed by atoms with Crippen molar-refractivity contribution in [2.45, 2.75) is 12.8 Å². The van der Waals surface area contributed by atoms with E-state index in [1.165, 1.54) is 12.8 Å². The SMILES string of the molecule is Nc1ncc(I)c(NCC2CC2)n1. The summed E-state index contributed by atoms with van der Waals surface area (Å²) in [6.45, 7) is 1.01. The van der Waals surface area contributed by atoms with E-state index in [1.807, 2.05) is 0 Å². The molecule has 1 fully saturated rings. The molecule has 0 amide bonds. The summed E-state index contributed by atoms with van der Waals surface area (Å²) in [5.74, 6) is 2.03. The number of aromatic nitrogens is 2. The van der Waals surface area contributed by atoms with Gasteiger partial charge in [0.25, 0.3) is 0 Å². The monoisotopic (exact) mass is 290 g/mol. The van der Waals surface area contributed by atoms with Gasteiger partial charge < -0.3 is 11.1 Å². The van der Waals surface area contributed by atoms with Crippen molar-refractivity contribution in [2.75, 3.05) is 17.6 Å². The molecule has 0 aliphatic heterocycles. The fraction of sp³-hybridized carbons (Fsp3) is 0.500. The molecule has 1 aliphatic rings. The van der Waals surface area contributed by atoms with Crippen molar-refractivity contribution in [3.63, 3.8) is 0 Å². The number of nitrogens with zero attached hydrogens (tertiary/aromatic N) is 2. The first kappa shape index (κ1) is 8.98. The minimum atomic E-state index is 0.332. The van der Waals surface area contributed by atoms with Gasteiger partial charge >= 0.3 is 0 Å². The summed E-state index contributed by atoms with van der Waals surface area (Å²) >= 11 is 2.20. The third kappa shape index (κ3) is 2.43. The first-order valence-corrected chi connectivity index (χ1v) is 5.35. The van der Waals surface area contributed by atoms with E-state index in [9.17, 15) is 0 Å². The van der Waals surface area contributed by atoms with Gasteiger partial charge in [-0.3, -0.25) is 0 Å². The molecule has 1 aliphatic carbocycles. The fourth-order valence-electron chi connectivity index (χ4n) is 1.07. The Labute approximate surface area is 90.5 Å². The van der Waals surface area contributed by atoms with Gasteiger partial charge in [0.15, 0.2) is 0 Å². The molecule has 0 spiro atoms. The van der Waals surface area contributed by atoms with Crippen LogP contribution in [0.5, 0.6) is 0 Å². The van der Waals surface area contributed by atoms with E-state index < -0.39 is 0 Å². The number of nitrogens with one attached hydrogen (secondary N) is 1. The number of rotatable bonds is 3. The highest BCUT2D eigenvalue weighted by Gasteiger charge is 2.21. The van der Waals surface area contributed by atoms with Gasteiger partial charge in [0.2, 0.25) is 5.95 Å². The van der Waals surface area contributed by atoms with Crippen LogP contribution in [-0.2, 0) is 0 Å². The van der Waals surface area contributed by atoms with Crippen LogP contribution in [0, 0.1) is 9.49 Å². The zero-order valence-electron chi connectivity index (χ0n) is 7.13. The quantitative estimate of drug-likeness (QED) is 0.828. The molecule has 0 radical (unpaired) electrons. The molecule has 1 heterocycles. The largest absolute Gasteiger partial charge is 0.369 e. The molecule has 2 rings (SSSR count). The molecule has 0 unspecified atom stereocenters. The van der Waals surface area contributed by atoms with E-state index in [2.05, 4.69) is 37.9 Å². The van der Waals surface area contributed by atoms with Crippen LogP contribution >= 0.6 is 22.6 Å². The van der Waals surface area contributed by atoms with Crippen LogP contribution in [0.1, 0.15) is 12.8 Å². The van der Waals surface area contributed by atoms with Gasteiger partial charge in [-0.25, -0.2) is 4.98 Å². The lowest BCUT2D eigenvalue weighted by Crippen LogP contribution is -2.08. The molecule has 1 aromatic heterocycles. The number of nitrogen functional groups attached to an aromatic ring is 1. The molecule has 13 heavy (non-hydrogen) atoms. The van der Waals surface area contributed by atoms with E-state index >= 15 is 0 Å². The first-order valence-electron chi connectivity index (χ1n) is 4.27. The van der Waals surface area contributed by atoms with Crippen LogP contribution in [0.2, 0.25) is 0 Å². The predicted octanol–water partition coefficient (Wildman–Crippen LogP) is 1.49. The Morgan fingerprint density at radius 1 is 1.62 bits per heavy atom. The van der Waals surface area contributed by atoms with Gasteiger partial charge in [-0.15, -0.1) is 0 Å². The number of hydrogen-bond donors (Lipinski definition) is 2. The molecule has 0 bridgehead atoms. The molecule has 0 aromatic carbocycles. The van der Waals surface area contributed by atoms with Crippen molar-refractivity contribution >= 4 is 34.4 Å². The van der Waals surface area contributed by atoms with E-state index in [1.54, 1.807) is 6.20 Å². The Hall–Kier alpha value is -0.590. The van der Waals surface area contributed by atoms with Gasteiger partial charge in [-0.2, -0.15) is 4.98 Å². The molecule has 0 atom stereocenters. The zero-order valence-corrected chi connectivity index (χ0v) is 9.28. The second-order valence-corrected chi connectivity index (χ2v) is 4.41. The first-order chi connectivity index (χ1) is 6.25. The molecule has 5 heteroatoms. The predicted molar refractivity (Wildman–Crippen MR) is 60.4 cm³/mol. The van der Waals surface area contributed by atoms with E-state index in [4.69, 9.17) is 5.73 Å². The molecule has 0 saturated heterocycles. The number of anilines is 2. The van der Waals surface area contributed by atoms with Gasteiger partial charge in [0.05, 0.1) is 3.57 Å². The molecular formula is C8H11IN4. The van der Waals surface area contributed by atoms with Crippen molar-refractivity contribution in [3.05, 3.63) is 9.77 Å². The van der Waals surface area contributed by atoms with Crippen LogP contribution in [0.3, 0.4) is 0 Å². The summed E-state index contributed by atoms with van der Waals surface area (Å²) in [5, 5.41) is 3.28. The normalized spacial score (nSPS) is 15.8. The highest BCUT2D eigenvalue weighted by atomic mass is 127. The Morgan fingerprint density at radius 3 is 3.08 bits per heavy atom. The third-order valence-corrected chi connectivity index (χ3v) is 2.81. The highest BCUT2D eigenvalue weighted by Crippen LogP contribution is 2.29. The molecule has 4 nitrogen and oxygen atoms in total. The average Bonchev–Trinajstić information content (AvgIpc) is 2.90. The van der Waals surface area contributed by atoms with Crippen LogP contribution in [0.4, 0.5) is 11.8 Å². The van der Waals surface area contributed by atoms with Crippen molar-refractivity contribution in [1.82, 2.24) is 9.97 Å². The van der Waals surface area contributed by atoms with Crippen molar-refractivity contribution < 1.29 is 0 Å². The van der Waals surface area contributed by atoms with E-state index in [0.29, 0.717) is 5.95 Å². The molecule has 70 valence electrons. The summed E-state index contributed by atoms with van der Waals surface area (Å²) in [5.41, 5.74) is 5.48. The van der Waals surface area contributed by atoms with Crippen LogP contribution in [0.25, 0.3) is 0 Å². The van der Waals surface area contributed by atoms with E-state index in [-0.39, 0.29) is 0 Å². The lowest BCUT2D eigenvalue weighted by molar-refractivity contribution is 0.880. The van der Waals surface area contributed by atoms with Crippen LogP contribution < -0.4 is 11.1 Å². The maximum Gasteiger partial charge on any atom is 0.221 e. The van der Waals surface area contributed by atoms with Crippen molar-refractivity contribution in [1.29, 1.82) is 0 Å². The summed E-state index contributed by atoms with van der Waals surface area (Å²) < 4.78 is 1.02. The van der Waals surface area contributed by atoms with Gasteiger partial charge in [-0.05, 0) is 41.4 Å². The number of hydrogen-bond acceptors (Lipinski definition) is 4. The summed E-state index contributed by atoms with van der Waals surface area (Å²) in [7, 11) is 0. The third-order valence-electron chi connectivity index (χ3n) is 2.02.